The molecule has 1 N–H and O–H groups in total. The van der Waals surface area contributed by atoms with Crippen molar-refractivity contribution in [2.45, 2.75) is 46.6 Å². The Hall–Kier alpha value is -1.52. The average Bonchev–Trinajstić information content (AvgIpc) is 2.98. The fourth-order valence-corrected chi connectivity index (χ4v) is 2.22. The van der Waals surface area contributed by atoms with Crippen LogP contribution in [-0.4, -0.2) is 36.0 Å². The van der Waals surface area contributed by atoms with Gasteiger partial charge in [-0.2, -0.15) is 0 Å². The molecule has 0 aromatic heterocycles. The number of amides is 1. The van der Waals surface area contributed by atoms with Gasteiger partial charge in [0.05, 0.1) is 6.61 Å². The second kappa shape index (κ2) is 4.87. The number of carbonyl (C=O) groups excluding carboxylic acids is 2. The Bertz CT molecular complexity index is 434. The van der Waals surface area contributed by atoms with Gasteiger partial charge >= 0.3 is 5.97 Å². The third-order valence-electron chi connectivity index (χ3n) is 3.46. The van der Waals surface area contributed by atoms with Crippen LogP contribution in [0.5, 0.6) is 0 Å². The van der Waals surface area contributed by atoms with Gasteiger partial charge in [0.25, 0.3) is 0 Å². The van der Waals surface area contributed by atoms with E-state index in [1.165, 1.54) is 0 Å². The number of nitrogens with one attached hydrogen (secondary N) is 1. The minimum Gasteiger partial charge on any atom is -0.461 e. The Balaban J connectivity index is 2.21. The average molecular weight is 266 g/mol. The number of esters is 1. The maximum Gasteiger partial charge on any atom is 0.356 e. The first-order valence-corrected chi connectivity index (χ1v) is 6.83. The number of hydrogen-bond donors (Lipinski definition) is 1. The van der Waals surface area contributed by atoms with Crippen molar-refractivity contribution >= 4 is 11.9 Å². The molecule has 2 rings (SSSR count). The minimum absolute atomic E-state index is 0.159. The van der Waals surface area contributed by atoms with Gasteiger partial charge in [0, 0.05) is 23.7 Å². The van der Waals surface area contributed by atoms with Crippen LogP contribution in [0.1, 0.15) is 40.5 Å². The minimum atomic E-state index is -0.533. The third-order valence-corrected chi connectivity index (χ3v) is 3.46. The van der Waals surface area contributed by atoms with Crippen LogP contribution in [0, 0.1) is 5.41 Å². The third kappa shape index (κ3) is 2.91. The smallest absolute Gasteiger partial charge is 0.356 e. The summed E-state index contributed by atoms with van der Waals surface area (Å²) in [6.45, 7) is 8.54. The van der Waals surface area contributed by atoms with Gasteiger partial charge in [0.15, 0.2) is 0 Å². The van der Waals surface area contributed by atoms with Gasteiger partial charge in [-0.1, -0.05) is 20.8 Å². The van der Waals surface area contributed by atoms with Crippen LogP contribution in [-0.2, 0) is 14.3 Å². The van der Waals surface area contributed by atoms with Crippen molar-refractivity contribution in [2.75, 3.05) is 13.2 Å². The summed E-state index contributed by atoms with van der Waals surface area (Å²) < 4.78 is 5.06. The van der Waals surface area contributed by atoms with Crippen molar-refractivity contribution < 1.29 is 14.3 Å². The van der Waals surface area contributed by atoms with Gasteiger partial charge < -0.3 is 15.0 Å². The zero-order valence-corrected chi connectivity index (χ0v) is 12.1. The number of carbonyl (C=O) groups is 2. The van der Waals surface area contributed by atoms with Crippen LogP contribution in [0.15, 0.2) is 11.4 Å². The Morgan fingerprint density at radius 2 is 2.11 bits per heavy atom. The largest absolute Gasteiger partial charge is 0.461 e. The summed E-state index contributed by atoms with van der Waals surface area (Å²) in [6, 6.07) is 0.561. The molecule has 0 unspecified atom stereocenters. The number of rotatable bonds is 3. The molecule has 0 aromatic carbocycles. The molecule has 0 aromatic rings. The lowest BCUT2D eigenvalue weighted by atomic mass is 9.95. The second-order valence-electron chi connectivity index (χ2n) is 6.09. The van der Waals surface area contributed by atoms with Crippen LogP contribution in [0.2, 0.25) is 0 Å². The Labute approximate surface area is 114 Å². The highest BCUT2D eigenvalue weighted by Gasteiger charge is 2.44. The fourth-order valence-electron chi connectivity index (χ4n) is 2.22. The summed E-state index contributed by atoms with van der Waals surface area (Å²) in [4.78, 5) is 26.3. The van der Waals surface area contributed by atoms with Crippen LogP contribution in [0.3, 0.4) is 0 Å². The topological polar surface area (TPSA) is 58.4 Å². The van der Waals surface area contributed by atoms with Gasteiger partial charge in [0.1, 0.15) is 5.70 Å². The van der Waals surface area contributed by atoms with E-state index in [9.17, 15) is 9.59 Å². The molecule has 2 aliphatic rings. The van der Waals surface area contributed by atoms with E-state index in [-0.39, 0.29) is 5.91 Å². The zero-order valence-electron chi connectivity index (χ0n) is 12.1. The van der Waals surface area contributed by atoms with Crippen molar-refractivity contribution in [1.82, 2.24) is 10.2 Å². The molecule has 2 saturated heterocycles. The summed E-state index contributed by atoms with van der Waals surface area (Å²) in [5.41, 5.74) is 0.734. The van der Waals surface area contributed by atoms with E-state index in [1.807, 2.05) is 20.8 Å². The van der Waals surface area contributed by atoms with E-state index in [1.54, 1.807) is 6.92 Å². The highest BCUT2D eigenvalue weighted by molar-refractivity contribution is 5.96. The Morgan fingerprint density at radius 1 is 1.42 bits per heavy atom. The molecular formula is C14H22N2O3. The first-order chi connectivity index (χ1) is 8.84. The van der Waals surface area contributed by atoms with Crippen molar-refractivity contribution in [2.24, 2.45) is 5.41 Å². The predicted octanol–water partition coefficient (Wildman–Crippen LogP) is 1.40. The number of fused-ring (bicyclic) bond motifs is 1. The highest BCUT2D eigenvalue weighted by Crippen LogP contribution is 2.39. The molecule has 0 radical (unpaired) electrons. The monoisotopic (exact) mass is 266 g/mol. The van der Waals surface area contributed by atoms with E-state index in [0.717, 1.165) is 25.1 Å². The van der Waals surface area contributed by atoms with Crippen molar-refractivity contribution in [3.63, 3.8) is 0 Å². The quantitative estimate of drug-likeness (QED) is 0.476. The van der Waals surface area contributed by atoms with Crippen molar-refractivity contribution in [1.29, 1.82) is 0 Å². The van der Waals surface area contributed by atoms with E-state index in [4.69, 9.17) is 4.74 Å². The summed E-state index contributed by atoms with van der Waals surface area (Å²) >= 11 is 0. The summed E-state index contributed by atoms with van der Waals surface area (Å²) in [7, 11) is 0. The van der Waals surface area contributed by atoms with Crippen LogP contribution in [0.4, 0.5) is 0 Å². The predicted molar refractivity (Wildman–Crippen MR) is 71.0 cm³/mol. The number of allylic oxidation sites excluding steroid dienone is 1. The second-order valence-corrected chi connectivity index (χ2v) is 6.09. The molecule has 0 spiro atoms. The Kier molecular flexibility index (Phi) is 3.56. The van der Waals surface area contributed by atoms with Crippen LogP contribution < -0.4 is 5.32 Å². The van der Waals surface area contributed by atoms with Gasteiger partial charge in [0.2, 0.25) is 5.91 Å². The van der Waals surface area contributed by atoms with E-state index < -0.39 is 11.4 Å². The molecule has 0 bridgehead atoms. The highest BCUT2D eigenvalue weighted by atomic mass is 16.5. The maximum atomic E-state index is 12.1. The standard InChI is InChI=1S/C14H22N2O3/c1-5-19-12(17)11(15-13(18)14(2,3)4)10-7-6-9-8-16(9)10/h9H,5-8H2,1-4H3,(H,15,18)/b11-10+/t9-,16?/m1/s1. The van der Waals surface area contributed by atoms with Crippen molar-refractivity contribution in [3.05, 3.63) is 11.4 Å². The first kappa shape index (κ1) is 13.9. The van der Waals surface area contributed by atoms with Gasteiger partial charge in [-0.15, -0.1) is 0 Å². The number of nitrogens with zero attached hydrogens (tertiary/aromatic N) is 1. The van der Waals surface area contributed by atoms with E-state index in [0.29, 0.717) is 18.3 Å². The van der Waals surface area contributed by atoms with Gasteiger partial charge in [-0.05, 0) is 19.8 Å². The molecule has 1 atom stereocenters. The molecule has 5 nitrogen and oxygen atoms in total. The lowest BCUT2D eigenvalue weighted by molar-refractivity contribution is -0.141. The number of ether oxygens (including phenoxy) is 1. The lowest BCUT2D eigenvalue weighted by Crippen LogP contribution is -2.38. The molecule has 2 fully saturated rings. The molecule has 2 heterocycles. The molecule has 2 aliphatic heterocycles. The number of piperidine rings is 1. The lowest BCUT2D eigenvalue weighted by Gasteiger charge is -2.20. The zero-order chi connectivity index (χ0) is 14.2. The van der Waals surface area contributed by atoms with Crippen LogP contribution in [0.25, 0.3) is 0 Å². The molecule has 0 saturated carbocycles. The molecule has 5 heteroatoms. The van der Waals surface area contributed by atoms with E-state index >= 15 is 0 Å². The first-order valence-electron chi connectivity index (χ1n) is 6.83. The molecular weight excluding hydrogens is 244 g/mol. The summed E-state index contributed by atoms with van der Waals surface area (Å²) in [5.74, 6) is -0.587. The van der Waals surface area contributed by atoms with Crippen molar-refractivity contribution in [3.8, 4) is 0 Å². The maximum absolute atomic E-state index is 12.1. The molecule has 19 heavy (non-hydrogen) atoms. The SMILES string of the molecule is CCOC(=O)/C(NC(=O)C(C)(C)C)=C1/CC[C@@H]2CN12. The van der Waals surface area contributed by atoms with E-state index in [2.05, 4.69) is 10.2 Å². The van der Waals surface area contributed by atoms with Gasteiger partial charge in [-0.25, -0.2) is 4.79 Å². The summed E-state index contributed by atoms with van der Waals surface area (Å²) in [5, 5.41) is 2.77. The Morgan fingerprint density at radius 3 is 2.53 bits per heavy atom. The summed E-state index contributed by atoms with van der Waals surface area (Å²) in [6.07, 6.45) is 1.90. The number of hydrogen-bond acceptors (Lipinski definition) is 4. The molecule has 1 amide bonds. The van der Waals surface area contributed by atoms with Crippen LogP contribution >= 0.6 is 0 Å². The molecule has 106 valence electrons. The normalized spacial score (nSPS) is 23.8. The fraction of sp³-hybridized carbons (Fsp3) is 0.714. The van der Waals surface area contributed by atoms with Gasteiger partial charge in [-0.3, -0.25) is 4.79 Å². The molecule has 0 aliphatic carbocycles.